The highest BCUT2D eigenvalue weighted by molar-refractivity contribution is 7.12. The largest absolute Gasteiger partial charge is 0.145 e. The van der Waals surface area contributed by atoms with E-state index in [9.17, 15) is 0 Å². The van der Waals surface area contributed by atoms with Gasteiger partial charge in [-0.3, -0.25) is 0 Å². The Morgan fingerprint density at radius 1 is 0.619 bits per heavy atom. The van der Waals surface area contributed by atoms with Crippen LogP contribution in [0.15, 0.2) is 0 Å². The maximum Gasteiger partial charge on any atom is 0.00865 e. The number of thiophene rings is 2. The topological polar surface area (TPSA) is 0 Å². The first-order valence-electron chi connectivity index (χ1n) is 8.44. The highest BCUT2D eigenvalue weighted by Crippen LogP contribution is 2.38. The van der Waals surface area contributed by atoms with Crippen LogP contribution in [0.2, 0.25) is 0 Å². The summed E-state index contributed by atoms with van der Waals surface area (Å²) in [6, 6.07) is 0. The molecular weight excluding hydrogens is 292 g/mol. The molecule has 0 nitrogen and oxygen atoms in total. The summed E-state index contributed by atoms with van der Waals surface area (Å²) in [5, 5.41) is 0. The van der Waals surface area contributed by atoms with Gasteiger partial charge in [-0.2, -0.15) is 0 Å². The molecule has 0 radical (unpaired) electrons. The fourth-order valence-electron chi connectivity index (χ4n) is 4.29. The normalized spacial score (nSPS) is 17.0. The van der Waals surface area contributed by atoms with Crippen LogP contribution in [0.5, 0.6) is 0 Å². The molecule has 0 aliphatic heterocycles. The monoisotopic (exact) mass is 316 g/mol. The van der Waals surface area contributed by atoms with E-state index in [4.69, 9.17) is 0 Å². The Labute approximate surface area is 136 Å². The third kappa shape index (κ3) is 2.41. The van der Waals surface area contributed by atoms with Crippen LogP contribution in [0, 0.1) is 13.8 Å². The molecule has 2 heterocycles. The van der Waals surface area contributed by atoms with Crippen molar-refractivity contribution in [2.75, 3.05) is 0 Å². The summed E-state index contributed by atoms with van der Waals surface area (Å²) in [5.74, 6) is 0. The quantitative estimate of drug-likeness (QED) is 0.693. The van der Waals surface area contributed by atoms with Gasteiger partial charge >= 0.3 is 0 Å². The zero-order valence-electron chi connectivity index (χ0n) is 13.2. The van der Waals surface area contributed by atoms with Crippen LogP contribution < -0.4 is 0 Å². The second kappa shape index (κ2) is 5.55. The molecule has 4 rings (SSSR count). The summed E-state index contributed by atoms with van der Waals surface area (Å²) in [6.07, 6.45) is 12.1. The molecule has 21 heavy (non-hydrogen) atoms. The summed E-state index contributed by atoms with van der Waals surface area (Å²) in [7, 11) is 0. The van der Waals surface area contributed by atoms with Crippen molar-refractivity contribution in [2.45, 2.75) is 71.6 Å². The highest BCUT2D eigenvalue weighted by Gasteiger charge is 2.22. The van der Waals surface area contributed by atoms with Crippen molar-refractivity contribution in [3.05, 3.63) is 41.8 Å². The van der Waals surface area contributed by atoms with Crippen molar-refractivity contribution in [1.29, 1.82) is 0 Å². The SMILES string of the molecule is Cc1sc(CCc2sc(C)c3c2CCC3)c2c1CCCC2. The minimum Gasteiger partial charge on any atom is -0.145 e. The lowest BCUT2D eigenvalue weighted by molar-refractivity contribution is 0.681. The molecule has 0 fully saturated rings. The number of aryl methyl sites for hydroxylation is 4. The summed E-state index contributed by atoms with van der Waals surface area (Å²) in [6.45, 7) is 4.67. The highest BCUT2D eigenvalue weighted by atomic mass is 32.1. The first-order valence-corrected chi connectivity index (χ1v) is 10.1. The van der Waals surface area contributed by atoms with E-state index in [1.807, 2.05) is 0 Å². The van der Waals surface area contributed by atoms with Crippen molar-refractivity contribution in [1.82, 2.24) is 0 Å². The van der Waals surface area contributed by atoms with Crippen LogP contribution in [0.4, 0.5) is 0 Å². The zero-order valence-corrected chi connectivity index (χ0v) is 14.8. The number of hydrogen-bond acceptors (Lipinski definition) is 2. The molecule has 2 heteroatoms. The lowest BCUT2D eigenvalue weighted by atomic mass is 9.91. The Bertz CT molecular complexity index is 672. The Morgan fingerprint density at radius 3 is 1.62 bits per heavy atom. The van der Waals surface area contributed by atoms with Crippen molar-refractivity contribution in [2.24, 2.45) is 0 Å². The predicted octanol–water partition coefficient (Wildman–Crippen LogP) is 5.58. The van der Waals surface area contributed by atoms with Crippen molar-refractivity contribution < 1.29 is 0 Å². The van der Waals surface area contributed by atoms with Gasteiger partial charge in [0.1, 0.15) is 0 Å². The van der Waals surface area contributed by atoms with E-state index in [1.165, 1.54) is 57.8 Å². The number of fused-ring (bicyclic) bond motifs is 2. The van der Waals surface area contributed by atoms with E-state index in [1.54, 1.807) is 41.8 Å². The third-order valence-electron chi connectivity index (χ3n) is 5.34. The molecule has 2 aliphatic rings. The van der Waals surface area contributed by atoms with Crippen molar-refractivity contribution in [3.63, 3.8) is 0 Å². The van der Waals surface area contributed by atoms with Gasteiger partial charge in [-0.1, -0.05) is 0 Å². The average Bonchev–Trinajstić information content (AvgIpc) is 3.15. The number of rotatable bonds is 3. The van der Waals surface area contributed by atoms with Gasteiger partial charge in [0.05, 0.1) is 0 Å². The molecule has 112 valence electrons. The first-order chi connectivity index (χ1) is 10.2. The fraction of sp³-hybridized carbons (Fsp3) is 0.579. The van der Waals surface area contributed by atoms with Crippen LogP contribution in [0.3, 0.4) is 0 Å². The van der Waals surface area contributed by atoms with Crippen LogP contribution in [0.1, 0.15) is 61.0 Å². The van der Waals surface area contributed by atoms with E-state index >= 15 is 0 Å². The number of hydrogen-bond donors (Lipinski definition) is 0. The third-order valence-corrected chi connectivity index (χ3v) is 7.84. The smallest absolute Gasteiger partial charge is 0.00865 e. The summed E-state index contributed by atoms with van der Waals surface area (Å²) >= 11 is 4.18. The minimum atomic E-state index is 1.28. The fourth-order valence-corrected chi connectivity index (χ4v) is 6.83. The Morgan fingerprint density at radius 2 is 1.05 bits per heavy atom. The van der Waals surface area contributed by atoms with E-state index < -0.39 is 0 Å². The minimum absolute atomic E-state index is 1.28. The summed E-state index contributed by atoms with van der Waals surface area (Å²) in [4.78, 5) is 6.62. The molecule has 2 aromatic rings. The van der Waals surface area contributed by atoms with Gasteiger partial charge < -0.3 is 0 Å². The molecule has 2 aromatic heterocycles. The van der Waals surface area contributed by atoms with Gasteiger partial charge in [0, 0.05) is 19.5 Å². The summed E-state index contributed by atoms with van der Waals surface area (Å²) < 4.78 is 0. The van der Waals surface area contributed by atoms with Gasteiger partial charge in [0.15, 0.2) is 0 Å². The van der Waals surface area contributed by atoms with Crippen LogP contribution >= 0.6 is 22.7 Å². The lowest BCUT2D eigenvalue weighted by Crippen LogP contribution is -2.03. The molecule has 0 saturated heterocycles. The van der Waals surface area contributed by atoms with Gasteiger partial charge in [-0.25, -0.2) is 0 Å². The Hall–Kier alpha value is -0.600. The van der Waals surface area contributed by atoms with E-state index in [0.29, 0.717) is 0 Å². The molecular formula is C19H24S2. The standard InChI is InChI=1S/C19H24S2/c1-12-14-6-3-4-7-16(14)18(20-12)10-11-19-17-9-5-8-15(17)13(2)21-19/h3-11H2,1-2H3. The molecule has 0 bridgehead atoms. The van der Waals surface area contributed by atoms with Crippen molar-refractivity contribution in [3.8, 4) is 0 Å². The molecule has 0 aromatic carbocycles. The maximum atomic E-state index is 2.34. The molecule has 0 atom stereocenters. The van der Waals surface area contributed by atoms with Gasteiger partial charge in [0.25, 0.3) is 0 Å². The molecule has 0 unspecified atom stereocenters. The zero-order chi connectivity index (χ0) is 14.4. The van der Waals surface area contributed by atoms with Crippen LogP contribution in [-0.2, 0) is 38.5 Å². The molecule has 0 amide bonds. The van der Waals surface area contributed by atoms with Gasteiger partial charge in [-0.15, -0.1) is 22.7 Å². The maximum absolute atomic E-state index is 2.34. The first kappa shape index (κ1) is 14.0. The van der Waals surface area contributed by atoms with E-state index in [0.717, 1.165) is 0 Å². The Kier molecular flexibility index (Phi) is 3.71. The van der Waals surface area contributed by atoms with Crippen molar-refractivity contribution >= 4 is 22.7 Å². The average molecular weight is 317 g/mol. The molecule has 0 saturated carbocycles. The molecule has 0 N–H and O–H groups in total. The molecule has 0 spiro atoms. The predicted molar refractivity (Wildman–Crippen MR) is 94.2 cm³/mol. The van der Waals surface area contributed by atoms with E-state index in [-0.39, 0.29) is 0 Å². The lowest BCUT2D eigenvalue weighted by Gasteiger charge is -2.13. The van der Waals surface area contributed by atoms with E-state index in [2.05, 4.69) is 36.5 Å². The second-order valence-corrected chi connectivity index (χ2v) is 9.26. The van der Waals surface area contributed by atoms with Crippen LogP contribution in [-0.4, -0.2) is 0 Å². The second-order valence-electron chi connectivity index (χ2n) is 6.64. The van der Waals surface area contributed by atoms with Crippen LogP contribution in [0.25, 0.3) is 0 Å². The van der Waals surface area contributed by atoms with Gasteiger partial charge in [-0.05, 0) is 93.9 Å². The molecule has 2 aliphatic carbocycles. The van der Waals surface area contributed by atoms with Gasteiger partial charge in [0.2, 0.25) is 0 Å². The Balaban J connectivity index is 1.57. The summed E-state index contributed by atoms with van der Waals surface area (Å²) in [5.41, 5.74) is 6.90.